The highest BCUT2D eigenvalue weighted by Crippen LogP contribution is 1.98. The van der Waals surface area contributed by atoms with Gasteiger partial charge in [-0.3, -0.25) is 9.59 Å². The maximum absolute atomic E-state index is 11.8. The first kappa shape index (κ1) is 19.8. The van der Waals surface area contributed by atoms with E-state index in [4.69, 9.17) is 17.2 Å². The summed E-state index contributed by atoms with van der Waals surface area (Å²) >= 11 is 0. The summed E-state index contributed by atoms with van der Waals surface area (Å²) in [6, 6.07) is -1.67. The third-order valence-electron chi connectivity index (χ3n) is 3.05. The summed E-state index contributed by atoms with van der Waals surface area (Å²) in [6.45, 7) is 1.11. The van der Waals surface area contributed by atoms with E-state index in [0.29, 0.717) is 26.1 Å². The summed E-state index contributed by atoms with van der Waals surface area (Å²) in [7, 11) is 0. The SMILES string of the molecule is NCCCCNC(=O)[C@H](CO)NC(=O)C(N)CCCCN. The third-order valence-corrected chi connectivity index (χ3v) is 3.05. The molecule has 8 heteroatoms. The Hall–Kier alpha value is -1.22. The van der Waals surface area contributed by atoms with Crippen molar-refractivity contribution in [3.63, 3.8) is 0 Å². The van der Waals surface area contributed by atoms with Crippen LogP contribution in [0.5, 0.6) is 0 Å². The standard InChI is InChI=1S/C13H29N5O3/c14-6-2-1-5-10(16)12(20)18-11(9-19)13(21)17-8-4-3-7-15/h10-11,19H,1-9,14-16H2,(H,17,21)(H,18,20)/t10?,11-/m0/s1. The van der Waals surface area contributed by atoms with Crippen LogP contribution in [-0.2, 0) is 9.59 Å². The summed E-state index contributed by atoms with van der Waals surface area (Å²) in [4.78, 5) is 23.6. The number of unbranched alkanes of at least 4 members (excludes halogenated alkanes) is 2. The molecule has 0 aromatic carbocycles. The first-order valence-electron chi connectivity index (χ1n) is 7.41. The Bertz CT molecular complexity index is 302. The van der Waals surface area contributed by atoms with Gasteiger partial charge in [-0.2, -0.15) is 0 Å². The molecular formula is C13H29N5O3. The quantitative estimate of drug-likeness (QED) is 0.224. The smallest absolute Gasteiger partial charge is 0.244 e. The average Bonchev–Trinajstić information content (AvgIpc) is 2.48. The molecule has 2 atom stereocenters. The predicted octanol–water partition coefficient (Wildman–Crippen LogP) is -2.23. The molecule has 0 aliphatic carbocycles. The molecule has 1 unspecified atom stereocenters. The molecule has 0 saturated carbocycles. The molecule has 0 aliphatic heterocycles. The normalized spacial score (nSPS) is 13.5. The lowest BCUT2D eigenvalue weighted by Crippen LogP contribution is -2.53. The largest absolute Gasteiger partial charge is 0.394 e. The zero-order chi connectivity index (χ0) is 16.1. The fraction of sp³-hybridized carbons (Fsp3) is 0.846. The van der Waals surface area contributed by atoms with E-state index in [1.54, 1.807) is 0 Å². The molecule has 0 radical (unpaired) electrons. The molecule has 2 amide bonds. The summed E-state index contributed by atoms with van der Waals surface area (Å²) in [5.74, 6) is -0.861. The van der Waals surface area contributed by atoms with E-state index in [1.807, 2.05) is 0 Å². The second-order valence-electron chi connectivity index (χ2n) is 4.92. The predicted molar refractivity (Wildman–Crippen MR) is 81.2 cm³/mol. The van der Waals surface area contributed by atoms with Crippen molar-refractivity contribution in [3.8, 4) is 0 Å². The lowest BCUT2D eigenvalue weighted by molar-refractivity contribution is -0.130. The number of nitrogens with one attached hydrogen (secondary N) is 2. The van der Waals surface area contributed by atoms with E-state index in [1.165, 1.54) is 0 Å². The fourth-order valence-corrected chi connectivity index (χ4v) is 1.72. The van der Waals surface area contributed by atoms with Crippen LogP contribution in [0.15, 0.2) is 0 Å². The van der Waals surface area contributed by atoms with Gasteiger partial charge in [0.1, 0.15) is 6.04 Å². The number of amides is 2. The van der Waals surface area contributed by atoms with Gasteiger partial charge < -0.3 is 32.9 Å². The highest BCUT2D eigenvalue weighted by Gasteiger charge is 2.22. The van der Waals surface area contributed by atoms with Crippen molar-refractivity contribution < 1.29 is 14.7 Å². The minimum Gasteiger partial charge on any atom is -0.394 e. The molecule has 0 saturated heterocycles. The van der Waals surface area contributed by atoms with Crippen LogP contribution in [0.3, 0.4) is 0 Å². The van der Waals surface area contributed by atoms with Gasteiger partial charge >= 0.3 is 0 Å². The number of carbonyl (C=O) groups excluding carboxylic acids is 2. The number of aliphatic hydroxyl groups excluding tert-OH is 1. The van der Waals surface area contributed by atoms with Crippen molar-refractivity contribution in [2.75, 3.05) is 26.2 Å². The van der Waals surface area contributed by atoms with Gasteiger partial charge in [-0.25, -0.2) is 0 Å². The molecule has 0 fully saturated rings. The zero-order valence-corrected chi connectivity index (χ0v) is 12.5. The molecule has 0 aromatic rings. The van der Waals surface area contributed by atoms with Gasteiger partial charge in [0, 0.05) is 6.54 Å². The number of hydrogen-bond acceptors (Lipinski definition) is 6. The van der Waals surface area contributed by atoms with E-state index in [9.17, 15) is 14.7 Å². The Morgan fingerprint density at radius 2 is 1.62 bits per heavy atom. The fourth-order valence-electron chi connectivity index (χ4n) is 1.72. The van der Waals surface area contributed by atoms with Gasteiger partial charge in [0.2, 0.25) is 11.8 Å². The van der Waals surface area contributed by atoms with Crippen molar-refractivity contribution in [1.82, 2.24) is 10.6 Å². The van der Waals surface area contributed by atoms with Gasteiger partial charge in [-0.15, -0.1) is 0 Å². The van der Waals surface area contributed by atoms with Gasteiger partial charge in [-0.1, -0.05) is 6.42 Å². The molecule has 0 aromatic heterocycles. The van der Waals surface area contributed by atoms with E-state index < -0.39 is 30.5 Å². The molecular weight excluding hydrogens is 274 g/mol. The molecule has 0 spiro atoms. The number of nitrogens with two attached hydrogens (primary N) is 3. The van der Waals surface area contributed by atoms with E-state index >= 15 is 0 Å². The number of hydrogen-bond donors (Lipinski definition) is 6. The van der Waals surface area contributed by atoms with Crippen LogP contribution in [0.2, 0.25) is 0 Å². The van der Waals surface area contributed by atoms with Gasteiger partial charge in [0.15, 0.2) is 0 Å². The van der Waals surface area contributed by atoms with Crippen molar-refractivity contribution in [3.05, 3.63) is 0 Å². The molecule has 8 nitrogen and oxygen atoms in total. The lowest BCUT2D eigenvalue weighted by atomic mass is 10.1. The van der Waals surface area contributed by atoms with Crippen molar-refractivity contribution in [1.29, 1.82) is 0 Å². The summed E-state index contributed by atoms with van der Waals surface area (Å²) in [5, 5.41) is 14.3. The van der Waals surface area contributed by atoms with Crippen molar-refractivity contribution in [2.24, 2.45) is 17.2 Å². The van der Waals surface area contributed by atoms with E-state index in [0.717, 1.165) is 25.7 Å². The highest BCUT2D eigenvalue weighted by molar-refractivity contribution is 5.89. The molecule has 0 heterocycles. The maximum atomic E-state index is 11.8. The van der Waals surface area contributed by atoms with Gasteiger partial charge in [0.05, 0.1) is 12.6 Å². The van der Waals surface area contributed by atoms with Crippen LogP contribution >= 0.6 is 0 Å². The van der Waals surface area contributed by atoms with Gasteiger partial charge in [0.25, 0.3) is 0 Å². The van der Waals surface area contributed by atoms with Crippen LogP contribution < -0.4 is 27.8 Å². The van der Waals surface area contributed by atoms with Gasteiger partial charge in [-0.05, 0) is 38.8 Å². The van der Waals surface area contributed by atoms with Crippen LogP contribution in [0.25, 0.3) is 0 Å². The second-order valence-corrected chi connectivity index (χ2v) is 4.92. The van der Waals surface area contributed by atoms with Crippen LogP contribution in [0.1, 0.15) is 32.1 Å². The first-order valence-corrected chi connectivity index (χ1v) is 7.41. The minimum absolute atomic E-state index is 0.419. The highest BCUT2D eigenvalue weighted by atomic mass is 16.3. The van der Waals surface area contributed by atoms with Crippen LogP contribution in [-0.4, -0.2) is 55.2 Å². The lowest BCUT2D eigenvalue weighted by Gasteiger charge is -2.19. The number of aliphatic hydroxyl groups is 1. The summed E-state index contributed by atoms with van der Waals surface area (Å²) in [6.07, 6.45) is 3.61. The Labute approximate surface area is 125 Å². The summed E-state index contributed by atoms with van der Waals surface area (Å²) < 4.78 is 0. The minimum atomic E-state index is -0.976. The zero-order valence-electron chi connectivity index (χ0n) is 12.5. The first-order chi connectivity index (χ1) is 10.1. The second kappa shape index (κ2) is 12.5. The number of carbonyl (C=O) groups is 2. The Balaban J connectivity index is 4.09. The molecule has 0 bridgehead atoms. The third kappa shape index (κ3) is 9.35. The summed E-state index contributed by atoms with van der Waals surface area (Å²) in [5.41, 5.74) is 16.4. The van der Waals surface area contributed by atoms with Crippen molar-refractivity contribution >= 4 is 11.8 Å². The Kier molecular flexibility index (Phi) is 11.8. The molecule has 124 valence electrons. The van der Waals surface area contributed by atoms with E-state index in [-0.39, 0.29) is 0 Å². The van der Waals surface area contributed by atoms with Crippen LogP contribution in [0, 0.1) is 0 Å². The monoisotopic (exact) mass is 303 g/mol. The molecule has 0 rings (SSSR count). The van der Waals surface area contributed by atoms with Crippen LogP contribution in [0.4, 0.5) is 0 Å². The maximum Gasteiger partial charge on any atom is 0.244 e. The Morgan fingerprint density at radius 1 is 1.00 bits per heavy atom. The molecule has 9 N–H and O–H groups in total. The Morgan fingerprint density at radius 3 is 2.19 bits per heavy atom. The van der Waals surface area contributed by atoms with E-state index in [2.05, 4.69) is 10.6 Å². The van der Waals surface area contributed by atoms with Crippen molar-refractivity contribution in [2.45, 2.75) is 44.2 Å². The topological polar surface area (TPSA) is 156 Å². The molecule has 0 aliphatic rings. The number of rotatable bonds is 12. The molecule has 21 heavy (non-hydrogen) atoms. The average molecular weight is 303 g/mol.